The van der Waals surface area contributed by atoms with Crippen LogP contribution in [0.15, 0.2) is 24.3 Å². The van der Waals surface area contributed by atoms with Crippen LogP contribution in [-0.2, 0) is 32.7 Å². The quantitative estimate of drug-likeness (QED) is 0.0211. The van der Waals surface area contributed by atoms with Gasteiger partial charge in [-0.15, -0.1) is 0 Å². The molecule has 0 aromatic rings. The van der Waals surface area contributed by atoms with Gasteiger partial charge in [-0.1, -0.05) is 244 Å². The molecule has 0 aromatic heterocycles. The lowest BCUT2D eigenvalue weighted by Gasteiger charge is -2.24. The monoisotopic (exact) mass is 969 g/mol. The van der Waals surface area contributed by atoms with Crippen molar-refractivity contribution in [3.05, 3.63) is 24.3 Å². The molecule has 0 aliphatic heterocycles. The van der Waals surface area contributed by atoms with Gasteiger partial charge in [-0.05, 0) is 44.9 Å². The molecule has 0 aliphatic rings. The molecule has 0 saturated carbocycles. The van der Waals surface area contributed by atoms with Crippen LogP contribution in [0, 0.1) is 0 Å². The van der Waals surface area contributed by atoms with E-state index in [0.29, 0.717) is 23.9 Å². The molecule has 10 heteroatoms. The van der Waals surface area contributed by atoms with Crippen molar-refractivity contribution in [3.8, 4) is 0 Å². The largest absolute Gasteiger partial charge is 0.472 e. The Bertz CT molecular complexity index is 1190. The van der Waals surface area contributed by atoms with E-state index in [1.165, 1.54) is 205 Å². The highest BCUT2D eigenvalue weighted by atomic mass is 31.2. The standard InChI is InChI=1S/C57H110NO8P/c1-6-8-10-12-14-16-18-20-22-24-26-28-29-30-32-34-36-38-40-42-44-46-48-50-57(60)66-55(54-65-67(61,62)64-52-51-58(3,4)5)53-63-56(59)49-47-45-43-41-39-37-35-33-31-27-25-23-21-19-17-15-13-11-9-7-2/h18,20,24,26,55H,6-17,19,21-23,25,27-54H2,1-5H3/p+1/b20-18-,26-24-. The van der Waals surface area contributed by atoms with E-state index in [1.54, 1.807) is 0 Å². The second-order valence-electron chi connectivity index (χ2n) is 20.7. The Balaban J connectivity index is 4.16. The summed E-state index contributed by atoms with van der Waals surface area (Å²) in [6, 6.07) is 0. The van der Waals surface area contributed by atoms with Crippen LogP contribution in [0.4, 0.5) is 0 Å². The third kappa shape index (κ3) is 53.7. The molecule has 0 rings (SSSR count). The molecule has 1 N–H and O–H groups in total. The normalized spacial score (nSPS) is 13.5. The van der Waals surface area contributed by atoms with Crippen LogP contribution in [0.5, 0.6) is 0 Å². The molecule has 2 atom stereocenters. The smallest absolute Gasteiger partial charge is 0.462 e. The molecule has 0 amide bonds. The fourth-order valence-corrected chi connectivity index (χ4v) is 9.02. The molecular formula is C57H111NO8P+. The fraction of sp³-hybridized carbons (Fsp3) is 0.895. The lowest BCUT2D eigenvalue weighted by molar-refractivity contribution is -0.870. The fourth-order valence-electron chi connectivity index (χ4n) is 8.28. The summed E-state index contributed by atoms with van der Waals surface area (Å²) in [4.78, 5) is 35.7. The van der Waals surface area contributed by atoms with E-state index in [0.717, 1.165) is 38.5 Å². The van der Waals surface area contributed by atoms with Crippen molar-refractivity contribution in [1.82, 2.24) is 0 Å². The van der Waals surface area contributed by atoms with Crippen LogP contribution in [0.1, 0.15) is 277 Å². The van der Waals surface area contributed by atoms with Gasteiger partial charge in [-0.25, -0.2) is 4.57 Å². The molecule has 0 aliphatic carbocycles. The molecule has 0 heterocycles. The van der Waals surface area contributed by atoms with Gasteiger partial charge < -0.3 is 18.9 Å². The highest BCUT2D eigenvalue weighted by Crippen LogP contribution is 2.43. The summed E-state index contributed by atoms with van der Waals surface area (Å²) >= 11 is 0. The topological polar surface area (TPSA) is 108 Å². The van der Waals surface area contributed by atoms with Crippen LogP contribution in [0.25, 0.3) is 0 Å². The number of esters is 2. The van der Waals surface area contributed by atoms with Gasteiger partial charge in [0, 0.05) is 12.8 Å². The molecule has 0 bridgehead atoms. The first-order valence-corrected chi connectivity index (χ1v) is 30.1. The average Bonchev–Trinajstić information content (AvgIpc) is 3.29. The summed E-state index contributed by atoms with van der Waals surface area (Å²) < 4.78 is 34.6. The third-order valence-corrected chi connectivity index (χ3v) is 13.7. The summed E-state index contributed by atoms with van der Waals surface area (Å²) in [5.41, 5.74) is 0. The molecule has 0 fully saturated rings. The number of carbonyl (C=O) groups is 2. The third-order valence-electron chi connectivity index (χ3n) is 12.7. The van der Waals surface area contributed by atoms with Gasteiger partial charge in [-0.2, -0.15) is 0 Å². The van der Waals surface area contributed by atoms with Gasteiger partial charge >= 0.3 is 19.8 Å². The summed E-state index contributed by atoms with van der Waals surface area (Å²) in [5, 5.41) is 0. The molecule has 396 valence electrons. The SMILES string of the molecule is CCCCCCC/C=C\C/C=C\CCCCCCCCCCCCCC(=O)OC(COC(=O)CCCCCCCCCCCCCCCCCCCCCC)COP(=O)(O)OCC[N+](C)(C)C. The number of phosphoric ester groups is 1. The van der Waals surface area contributed by atoms with Crippen LogP contribution < -0.4 is 0 Å². The van der Waals surface area contributed by atoms with E-state index in [9.17, 15) is 19.0 Å². The Morgan fingerprint density at radius 3 is 1.18 bits per heavy atom. The van der Waals surface area contributed by atoms with Gasteiger partial charge in [0.1, 0.15) is 19.8 Å². The predicted molar refractivity (Wildman–Crippen MR) is 284 cm³/mol. The van der Waals surface area contributed by atoms with Gasteiger partial charge in [0.25, 0.3) is 0 Å². The number of allylic oxidation sites excluding steroid dienone is 4. The molecule has 67 heavy (non-hydrogen) atoms. The highest BCUT2D eigenvalue weighted by molar-refractivity contribution is 7.47. The maximum absolute atomic E-state index is 12.8. The van der Waals surface area contributed by atoms with Crippen LogP contribution in [-0.4, -0.2) is 74.9 Å². The zero-order valence-electron chi connectivity index (χ0n) is 44.9. The molecule has 0 saturated heterocycles. The minimum atomic E-state index is -4.38. The van der Waals surface area contributed by atoms with Crippen LogP contribution in [0.2, 0.25) is 0 Å². The van der Waals surface area contributed by atoms with Crippen molar-refractivity contribution in [2.75, 3.05) is 47.5 Å². The Hall–Kier alpha value is -1.51. The lowest BCUT2D eigenvalue weighted by atomic mass is 10.0. The van der Waals surface area contributed by atoms with Crippen molar-refractivity contribution in [2.45, 2.75) is 283 Å². The summed E-state index contributed by atoms with van der Waals surface area (Å²) in [5.74, 6) is -0.784. The molecular weight excluding hydrogens is 858 g/mol. The number of hydrogen-bond acceptors (Lipinski definition) is 7. The summed E-state index contributed by atoms with van der Waals surface area (Å²) in [7, 11) is 1.49. The number of phosphoric acid groups is 1. The minimum absolute atomic E-state index is 0.0339. The number of quaternary nitrogens is 1. The summed E-state index contributed by atoms with van der Waals surface area (Å²) in [6.07, 6.45) is 58.1. The van der Waals surface area contributed by atoms with Gasteiger partial charge in [0.2, 0.25) is 0 Å². The number of rotatable bonds is 53. The molecule has 0 radical (unpaired) electrons. The average molecular weight is 969 g/mol. The van der Waals surface area contributed by atoms with Crippen molar-refractivity contribution in [1.29, 1.82) is 0 Å². The Kier molecular flexibility index (Phi) is 48.4. The molecule has 0 aromatic carbocycles. The molecule has 2 unspecified atom stereocenters. The van der Waals surface area contributed by atoms with Crippen LogP contribution in [0.3, 0.4) is 0 Å². The zero-order valence-corrected chi connectivity index (χ0v) is 45.8. The molecule has 0 spiro atoms. The van der Waals surface area contributed by atoms with E-state index in [4.69, 9.17) is 18.5 Å². The van der Waals surface area contributed by atoms with Crippen molar-refractivity contribution < 1.29 is 42.1 Å². The van der Waals surface area contributed by atoms with Crippen molar-refractivity contribution in [3.63, 3.8) is 0 Å². The first-order valence-electron chi connectivity index (χ1n) is 28.6. The maximum Gasteiger partial charge on any atom is 0.472 e. The zero-order chi connectivity index (χ0) is 49.2. The number of hydrogen-bond donors (Lipinski definition) is 1. The van der Waals surface area contributed by atoms with Crippen molar-refractivity contribution >= 4 is 19.8 Å². The van der Waals surface area contributed by atoms with E-state index < -0.39 is 26.5 Å². The number of nitrogens with zero attached hydrogens (tertiary/aromatic N) is 1. The van der Waals surface area contributed by atoms with E-state index >= 15 is 0 Å². The number of unbranched alkanes of at least 4 members (excludes halogenated alkanes) is 35. The number of ether oxygens (including phenoxy) is 2. The number of likely N-dealkylation sites (N-methyl/N-ethyl adjacent to an activating group) is 1. The second kappa shape index (κ2) is 49.5. The molecule has 9 nitrogen and oxygen atoms in total. The summed E-state index contributed by atoms with van der Waals surface area (Å²) in [6.45, 7) is 4.47. The van der Waals surface area contributed by atoms with Gasteiger partial charge in [-0.3, -0.25) is 18.6 Å². The van der Waals surface area contributed by atoms with E-state index in [1.807, 2.05) is 21.1 Å². The lowest BCUT2D eigenvalue weighted by Crippen LogP contribution is -2.37. The first kappa shape index (κ1) is 65.5. The van der Waals surface area contributed by atoms with Crippen molar-refractivity contribution in [2.24, 2.45) is 0 Å². The Morgan fingerprint density at radius 1 is 0.463 bits per heavy atom. The first-order chi connectivity index (χ1) is 32.5. The van der Waals surface area contributed by atoms with E-state index in [2.05, 4.69) is 38.2 Å². The minimum Gasteiger partial charge on any atom is -0.462 e. The van der Waals surface area contributed by atoms with Crippen LogP contribution >= 0.6 is 7.82 Å². The predicted octanol–water partition coefficient (Wildman–Crippen LogP) is 17.4. The highest BCUT2D eigenvalue weighted by Gasteiger charge is 2.27. The Labute approximate surface area is 415 Å². The van der Waals surface area contributed by atoms with Gasteiger partial charge in [0.15, 0.2) is 6.10 Å². The number of carbonyl (C=O) groups excluding carboxylic acids is 2. The second-order valence-corrected chi connectivity index (χ2v) is 22.1. The van der Waals surface area contributed by atoms with E-state index in [-0.39, 0.29) is 25.6 Å². The Morgan fingerprint density at radius 2 is 0.806 bits per heavy atom. The van der Waals surface area contributed by atoms with Gasteiger partial charge in [0.05, 0.1) is 27.7 Å². The maximum atomic E-state index is 12.8.